The molecule has 0 unspecified atom stereocenters. The van der Waals surface area contributed by atoms with E-state index in [1.54, 1.807) is 24.1 Å². The summed E-state index contributed by atoms with van der Waals surface area (Å²) in [5.41, 5.74) is 0.713. The summed E-state index contributed by atoms with van der Waals surface area (Å²) in [6.07, 6.45) is 5.22. The number of aryl methyl sites for hydroxylation is 1. The highest BCUT2D eigenvalue weighted by atomic mass is 16.5. The number of carbonyl (C=O) groups is 1. The number of carbonyl (C=O) groups excluding carboxylic acids is 1. The van der Waals surface area contributed by atoms with Crippen molar-refractivity contribution in [3.63, 3.8) is 0 Å². The second-order valence-electron chi connectivity index (χ2n) is 3.14. The van der Waals surface area contributed by atoms with Crippen molar-refractivity contribution in [1.29, 1.82) is 0 Å². The fourth-order valence-electron chi connectivity index (χ4n) is 0.954. The molecular formula is C11H14N2O2. The molecule has 0 N–H and O–H groups in total. The average molecular weight is 206 g/mol. The standard InChI is InChI=1S/C11H14N2O2/c1-3-4-7-15-11(14)6-5-10-8-12-13(2)9-10/h8-9H,3-4,7H2,1-2H3. The van der Waals surface area contributed by atoms with Crippen LogP contribution in [0.2, 0.25) is 0 Å². The van der Waals surface area contributed by atoms with Crippen LogP contribution in [-0.4, -0.2) is 22.4 Å². The molecule has 4 heteroatoms. The van der Waals surface area contributed by atoms with Gasteiger partial charge in [-0.25, -0.2) is 4.79 Å². The SMILES string of the molecule is CCCCOC(=O)C#Cc1cnn(C)c1. The van der Waals surface area contributed by atoms with E-state index < -0.39 is 5.97 Å². The van der Waals surface area contributed by atoms with Crippen LogP contribution in [0.4, 0.5) is 0 Å². The van der Waals surface area contributed by atoms with Crippen LogP contribution < -0.4 is 0 Å². The first-order chi connectivity index (χ1) is 7.22. The summed E-state index contributed by atoms with van der Waals surface area (Å²) < 4.78 is 6.50. The molecule has 0 aromatic carbocycles. The molecule has 0 atom stereocenters. The first kappa shape index (κ1) is 11.3. The molecular weight excluding hydrogens is 192 g/mol. The van der Waals surface area contributed by atoms with E-state index in [1.165, 1.54) is 0 Å². The highest BCUT2D eigenvalue weighted by molar-refractivity contribution is 5.89. The first-order valence-electron chi connectivity index (χ1n) is 4.89. The van der Waals surface area contributed by atoms with Gasteiger partial charge in [-0.3, -0.25) is 4.68 Å². The van der Waals surface area contributed by atoms with Crippen LogP contribution in [0.3, 0.4) is 0 Å². The van der Waals surface area contributed by atoms with Crippen LogP contribution in [0.15, 0.2) is 12.4 Å². The van der Waals surface area contributed by atoms with Gasteiger partial charge in [-0.2, -0.15) is 5.10 Å². The third-order valence-corrected chi connectivity index (χ3v) is 1.74. The number of aromatic nitrogens is 2. The topological polar surface area (TPSA) is 44.1 Å². The molecule has 0 radical (unpaired) electrons. The van der Waals surface area contributed by atoms with E-state index >= 15 is 0 Å². The molecule has 0 saturated heterocycles. The number of hydrogen-bond donors (Lipinski definition) is 0. The molecule has 1 rings (SSSR count). The highest BCUT2D eigenvalue weighted by Gasteiger charge is 1.96. The van der Waals surface area contributed by atoms with Gasteiger partial charge in [0.25, 0.3) is 0 Å². The Morgan fingerprint density at radius 1 is 1.67 bits per heavy atom. The monoisotopic (exact) mass is 206 g/mol. The zero-order valence-electron chi connectivity index (χ0n) is 8.99. The van der Waals surface area contributed by atoms with E-state index in [0.717, 1.165) is 12.8 Å². The lowest BCUT2D eigenvalue weighted by atomic mass is 10.3. The van der Waals surface area contributed by atoms with E-state index in [1.807, 2.05) is 6.92 Å². The molecule has 0 spiro atoms. The molecule has 1 aromatic rings. The van der Waals surface area contributed by atoms with Gasteiger partial charge in [0.2, 0.25) is 0 Å². The number of nitrogens with zero attached hydrogens (tertiary/aromatic N) is 2. The quantitative estimate of drug-likeness (QED) is 0.423. The van der Waals surface area contributed by atoms with Crippen molar-refractivity contribution in [2.45, 2.75) is 19.8 Å². The Labute approximate surface area is 89.2 Å². The lowest BCUT2D eigenvalue weighted by Crippen LogP contribution is -2.02. The lowest BCUT2D eigenvalue weighted by molar-refractivity contribution is -0.136. The normalized spacial score (nSPS) is 9.20. The summed E-state index contributed by atoms with van der Waals surface area (Å²) >= 11 is 0. The molecule has 0 bridgehead atoms. The third-order valence-electron chi connectivity index (χ3n) is 1.74. The smallest absolute Gasteiger partial charge is 0.384 e. The number of hydrogen-bond acceptors (Lipinski definition) is 3. The van der Waals surface area contributed by atoms with E-state index in [2.05, 4.69) is 16.9 Å². The van der Waals surface area contributed by atoms with Gasteiger partial charge in [-0.1, -0.05) is 19.3 Å². The predicted molar refractivity (Wildman–Crippen MR) is 56.0 cm³/mol. The summed E-state index contributed by atoms with van der Waals surface area (Å²) in [5, 5.41) is 3.93. The van der Waals surface area contributed by atoms with Gasteiger partial charge in [-0.15, -0.1) is 0 Å². The molecule has 0 saturated carbocycles. The van der Waals surface area contributed by atoms with E-state index in [-0.39, 0.29) is 0 Å². The maximum absolute atomic E-state index is 11.1. The van der Waals surface area contributed by atoms with E-state index in [9.17, 15) is 4.79 Å². The van der Waals surface area contributed by atoms with Crippen LogP contribution in [0, 0.1) is 11.8 Å². The average Bonchev–Trinajstić information content (AvgIpc) is 2.62. The van der Waals surface area contributed by atoms with Gasteiger partial charge in [-0.05, 0) is 6.42 Å². The van der Waals surface area contributed by atoms with Crippen molar-refractivity contribution in [2.24, 2.45) is 7.05 Å². The number of rotatable bonds is 3. The maximum Gasteiger partial charge on any atom is 0.384 e. The zero-order valence-corrected chi connectivity index (χ0v) is 8.99. The summed E-state index contributed by atoms with van der Waals surface area (Å²) in [6.45, 7) is 2.48. The van der Waals surface area contributed by atoms with Crippen LogP contribution in [0.25, 0.3) is 0 Å². The maximum atomic E-state index is 11.1. The fraction of sp³-hybridized carbons (Fsp3) is 0.455. The Balaban J connectivity index is 2.40. The lowest BCUT2D eigenvalue weighted by Gasteiger charge is -1.96. The molecule has 0 amide bonds. The van der Waals surface area contributed by atoms with Crippen LogP contribution in [0.5, 0.6) is 0 Å². The summed E-state index contributed by atoms with van der Waals surface area (Å²) in [6, 6.07) is 0. The van der Waals surface area contributed by atoms with Gasteiger partial charge >= 0.3 is 5.97 Å². The van der Waals surface area contributed by atoms with Crippen molar-refractivity contribution < 1.29 is 9.53 Å². The minimum absolute atomic E-state index is 0.442. The fourth-order valence-corrected chi connectivity index (χ4v) is 0.954. The second-order valence-corrected chi connectivity index (χ2v) is 3.14. The van der Waals surface area contributed by atoms with E-state index in [0.29, 0.717) is 12.2 Å². The molecule has 1 aromatic heterocycles. The van der Waals surface area contributed by atoms with Crippen molar-refractivity contribution in [3.8, 4) is 11.8 Å². The molecule has 0 aliphatic carbocycles. The van der Waals surface area contributed by atoms with Crippen molar-refractivity contribution >= 4 is 5.97 Å². The minimum Gasteiger partial charge on any atom is -0.456 e. The molecule has 0 fully saturated rings. The van der Waals surface area contributed by atoms with Gasteiger partial charge in [0, 0.05) is 19.2 Å². The van der Waals surface area contributed by atoms with Crippen LogP contribution in [-0.2, 0) is 16.6 Å². The van der Waals surface area contributed by atoms with Crippen molar-refractivity contribution in [1.82, 2.24) is 9.78 Å². The van der Waals surface area contributed by atoms with Gasteiger partial charge in [0.05, 0.1) is 18.4 Å². The van der Waals surface area contributed by atoms with Gasteiger partial charge < -0.3 is 4.74 Å². The second kappa shape index (κ2) is 5.86. The van der Waals surface area contributed by atoms with Gasteiger partial charge in [0.15, 0.2) is 0 Å². The Morgan fingerprint density at radius 2 is 2.47 bits per heavy atom. The van der Waals surface area contributed by atoms with E-state index in [4.69, 9.17) is 4.74 Å². The summed E-state index contributed by atoms with van der Waals surface area (Å²) in [7, 11) is 1.80. The molecule has 0 aliphatic rings. The van der Waals surface area contributed by atoms with Crippen molar-refractivity contribution in [2.75, 3.05) is 6.61 Å². The number of ether oxygens (including phenoxy) is 1. The molecule has 80 valence electrons. The summed E-state index contributed by atoms with van der Waals surface area (Å²) in [5.74, 6) is 4.61. The Kier molecular flexibility index (Phi) is 4.42. The molecule has 0 aliphatic heterocycles. The third kappa shape index (κ3) is 4.32. The first-order valence-corrected chi connectivity index (χ1v) is 4.89. The Hall–Kier alpha value is -1.76. The number of unbranched alkanes of at least 4 members (excludes halogenated alkanes) is 1. The predicted octanol–water partition coefficient (Wildman–Crippen LogP) is 1.11. The molecule has 1 heterocycles. The van der Waals surface area contributed by atoms with Crippen LogP contribution >= 0.6 is 0 Å². The number of esters is 1. The molecule has 15 heavy (non-hydrogen) atoms. The van der Waals surface area contributed by atoms with Gasteiger partial charge in [0.1, 0.15) is 0 Å². The van der Waals surface area contributed by atoms with Crippen molar-refractivity contribution in [3.05, 3.63) is 18.0 Å². The minimum atomic E-state index is -0.479. The highest BCUT2D eigenvalue weighted by Crippen LogP contribution is 1.92. The Morgan fingerprint density at radius 3 is 3.07 bits per heavy atom. The largest absolute Gasteiger partial charge is 0.456 e. The summed E-state index contributed by atoms with van der Waals surface area (Å²) in [4.78, 5) is 11.1. The zero-order chi connectivity index (χ0) is 11.1. The Bertz CT molecular complexity index is 385. The van der Waals surface area contributed by atoms with Crippen LogP contribution in [0.1, 0.15) is 25.3 Å². The molecule has 4 nitrogen and oxygen atoms in total.